The second-order valence-corrected chi connectivity index (χ2v) is 9.78. The molecule has 2 aromatic rings. The third-order valence-electron chi connectivity index (χ3n) is 4.97. The average molecular weight is 462 g/mol. The van der Waals surface area contributed by atoms with Crippen molar-refractivity contribution in [2.45, 2.75) is 17.6 Å². The number of sulfonamides is 1. The Morgan fingerprint density at radius 2 is 1.90 bits per heavy atom. The van der Waals surface area contributed by atoms with E-state index in [1.807, 2.05) is 29.2 Å². The molecule has 1 N–H and O–H groups in total. The highest BCUT2D eigenvalue weighted by atomic mass is 32.2. The number of hydrogen-bond donors (Lipinski definition) is 1. The molecule has 9 heteroatoms. The Morgan fingerprint density at radius 3 is 2.55 bits per heavy atom. The number of piperazine rings is 1. The summed E-state index contributed by atoms with van der Waals surface area (Å²) in [6.07, 6.45) is 5.21. The second-order valence-electron chi connectivity index (χ2n) is 6.93. The summed E-state index contributed by atoms with van der Waals surface area (Å²) >= 11 is 1.16. The van der Waals surface area contributed by atoms with E-state index in [2.05, 4.69) is 9.62 Å². The third-order valence-corrected chi connectivity index (χ3v) is 7.75. The van der Waals surface area contributed by atoms with E-state index < -0.39 is 10.0 Å². The van der Waals surface area contributed by atoms with Crippen LogP contribution in [0, 0.1) is 0 Å². The molecule has 1 aliphatic heterocycles. The van der Waals surface area contributed by atoms with Gasteiger partial charge in [0.25, 0.3) is 10.0 Å². The summed E-state index contributed by atoms with van der Waals surface area (Å²) in [6, 6.07) is 11.1. The number of hydrogen-bond acceptors (Lipinski definition) is 6. The molecule has 0 aliphatic carbocycles. The van der Waals surface area contributed by atoms with E-state index in [-0.39, 0.29) is 16.5 Å². The third kappa shape index (κ3) is 5.89. The van der Waals surface area contributed by atoms with Gasteiger partial charge in [0.05, 0.1) is 12.8 Å². The van der Waals surface area contributed by atoms with Gasteiger partial charge in [-0.1, -0.05) is 30.4 Å². The monoisotopic (exact) mass is 461 g/mol. The highest BCUT2D eigenvalue weighted by Gasteiger charge is 2.22. The number of thiophene rings is 1. The number of carbonyl (C=O) groups excluding carboxylic acids is 1. The minimum Gasteiger partial charge on any atom is -0.495 e. The first-order valence-electron chi connectivity index (χ1n) is 9.99. The van der Waals surface area contributed by atoms with Gasteiger partial charge in [0, 0.05) is 38.3 Å². The van der Waals surface area contributed by atoms with E-state index >= 15 is 0 Å². The molecule has 0 bridgehead atoms. The van der Waals surface area contributed by atoms with Crippen molar-refractivity contribution in [3.63, 3.8) is 0 Å². The fraction of sp³-hybridized carbons (Fsp3) is 0.318. The lowest BCUT2D eigenvalue weighted by Crippen LogP contribution is -2.48. The van der Waals surface area contributed by atoms with Crippen molar-refractivity contribution in [3.05, 3.63) is 65.7 Å². The van der Waals surface area contributed by atoms with E-state index in [1.54, 1.807) is 49.8 Å². The van der Waals surface area contributed by atoms with Gasteiger partial charge < -0.3 is 14.5 Å². The van der Waals surface area contributed by atoms with Crippen molar-refractivity contribution < 1.29 is 17.9 Å². The van der Waals surface area contributed by atoms with Gasteiger partial charge >= 0.3 is 0 Å². The first-order valence-corrected chi connectivity index (χ1v) is 12.4. The predicted molar refractivity (Wildman–Crippen MR) is 124 cm³/mol. The van der Waals surface area contributed by atoms with Crippen LogP contribution in [0.4, 0.5) is 5.69 Å². The average Bonchev–Trinajstić information content (AvgIpc) is 3.34. The number of rotatable bonds is 8. The molecule has 1 aliphatic rings. The van der Waals surface area contributed by atoms with Crippen molar-refractivity contribution in [1.82, 2.24) is 9.62 Å². The van der Waals surface area contributed by atoms with Crippen LogP contribution < -0.4 is 14.4 Å². The molecule has 0 unspecified atom stereocenters. The van der Waals surface area contributed by atoms with Crippen LogP contribution in [0.5, 0.6) is 5.75 Å². The van der Waals surface area contributed by atoms with Crippen LogP contribution in [0.1, 0.15) is 13.3 Å². The van der Waals surface area contributed by atoms with Gasteiger partial charge in [0.15, 0.2) is 0 Å². The fourth-order valence-corrected chi connectivity index (χ4v) is 5.42. The van der Waals surface area contributed by atoms with Crippen LogP contribution in [0.25, 0.3) is 0 Å². The smallest absolute Gasteiger partial charge is 0.271 e. The Hall–Kier alpha value is -2.78. The van der Waals surface area contributed by atoms with E-state index in [0.717, 1.165) is 35.9 Å². The van der Waals surface area contributed by atoms with Gasteiger partial charge in [-0.05, 0) is 36.6 Å². The van der Waals surface area contributed by atoms with Crippen LogP contribution in [0.3, 0.4) is 0 Å². The fourth-order valence-electron chi connectivity index (χ4n) is 3.31. The van der Waals surface area contributed by atoms with E-state index in [1.165, 1.54) is 0 Å². The molecular formula is C22H27N3O4S2. The Kier molecular flexibility index (Phi) is 7.75. The quantitative estimate of drug-likeness (QED) is 0.611. The molecule has 31 heavy (non-hydrogen) atoms. The Bertz CT molecular complexity index is 1040. The first-order chi connectivity index (χ1) is 14.9. The maximum Gasteiger partial charge on any atom is 0.271 e. The highest BCUT2D eigenvalue weighted by molar-refractivity contribution is 7.91. The zero-order chi connectivity index (χ0) is 22.3. The molecule has 2 heterocycles. The number of methoxy groups -OCH3 is 1. The summed E-state index contributed by atoms with van der Waals surface area (Å²) in [5, 5.41) is 1.71. The molecule has 166 valence electrons. The lowest BCUT2D eigenvalue weighted by molar-refractivity contribution is -0.130. The molecule has 1 aromatic heterocycles. The Balaban J connectivity index is 1.51. The summed E-state index contributed by atoms with van der Waals surface area (Å²) in [4.78, 5) is 16.6. The molecular weight excluding hydrogens is 434 g/mol. The van der Waals surface area contributed by atoms with Crippen LogP contribution in [-0.4, -0.2) is 52.5 Å². The van der Waals surface area contributed by atoms with Gasteiger partial charge in [0.1, 0.15) is 9.96 Å². The summed E-state index contributed by atoms with van der Waals surface area (Å²) in [5.41, 5.74) is 1.47. The molecule has 1 saturated heterocycles. The molecule has 0 atom stereocenters. The molecule has 1 amide bonds. The van der Waals surface area contributed by atoms with Crippen molar-refractivity contribution in [3.8, 4) is 5.75 Å². The SMILES string of the molecule is C/C=C(\C=C/CC(=O)N1CCN(c2ccccc2OC)CC1)NS(=O)(=O)c1cccs1. The van der Waals surface area contributed by atoms with Crippen molar-refractivity contribution >= 4 is 33.0 Å². The molecule has 3 rings (SSSR count). The normalized spacial score (nSPS) is 15.4. The molecule has 1 fully saturated rings. The zero-order valence-electron chi connectivity index (χ0n) is 17.7. The molecule has 7 nitrogen and oxygen atoms in total. The number of allylic oxidation sites excluding steroid dienone is 2. The standard InChI is InChI=1S/C22H27N3O4S2/c1-3-18(23-31(27,28)22-12-7-17-30-22)8-6-11-21(26)25-15-13-24(14-16-25)19-9-4-5-10-20(19)29-2/h3-10,12,17,23H,11,13-16H2,1-2H3/b8-6-,18-3+. The van der Waals surface area contributed by atoms with E-state index in [0.29, 0.717) is 18.8 Å². The maximum atomic E-state index is 12.6. The molecule has 0 saturated carbocycles. The van der Waals surface area contributed by atoms with Crippen molar-refractivity contribution in [1.29, 1.82) is 0 Å². The van der Waals surface area contributed by atoms with Gasteiger partial charge in [-0.25, -0.2) is 8.42 Å². The maximum absolute atomic E-state index is 12.6. The van der Waals surface area contributed by atoms with Gasteiger partial charge in [-0.15, -0.1) is 11.3 Å². The first kappa shape index (κ1) is 22.9. The predicted octanol–water partition coefficient (Wildman–Crippen LogP) is 3.23. The van der Waals surface area contributed by atoms with Crippen molar-refractivity contribution in [2.24, 2.45) is 0 Å². The number of ether oxygens (including phenoxy) is 1. The van der Waals surface area contributed by atoms with Crippen LogP contribution in [0.15, 0.2) is 69.9 Å². The number of anilines is 1. The Labute approximate surface area is 187 Å². The minimum absolute atomic E-state index is 0.0208. The largest absolute Gasteiger partial charge is 0.495 e. The highest BCUT2D eigenvalue weighted by Crippen LogP contribution is 2.28. The lowest BCUT2D eigenvalue weighted by Gasteiger charge is -2.36. The van der Waals surface area contributed by atoms with E-state index in [4.69, 9.17) is 4.74 Å². The van der Waals surface area contributed by atoms with Gasteiger partial charge in [-0.3, -0.25) is 9.52 Å². The van der Waals surface area contributed by atoms with Crippen LogP contribution >= 0.6 is 11.3 Å². The molecule has 0 spiro atoms. The van der Waals surface area contributed by atoms with Gasteiger partial charge in [-0.2, -0.15) is 0 Å². The lowest BCUT2D eigenvalue weighted by atomic mass is 10.2. The summed E-state index contributed by atoms with van der Waals surface area (Å²) in [6.45, 7) is 4.47. The van der Waals surface area contributed by atoms with Crippen molar-refractivity contribution in [2.75, 3.05) is 38.2 Å². The molecule has 1 aromatic carbocycles. The number of nitrogens with zero attached hydrogens (tertiary/aromatic N) is 2. The number of nitrogens with one attached hydrogen (secondary N) is 1. The van der Waals surface area contributed by atoms with Gasteiger partial charge in [0.2, 0.25) is 5.91 Å². The van der Waals surface area contributed by atoms with E-state index in [9.17, 15) is 13.2 Å². The molecule has 0 radical (unpaired) electrons. The van der Waals surface area contributed by atoms with Crippen LogP contribution in [0.2, 0.25) is 0 Å². The number of benzene rings is 1. The summed E-state index contributed by atoms with van der Waals surface area (Å²) in [5.74, 6) is 0.849. The topological polar surface area (TPSA) is 79.0 Å². The minimum atomic E-state index is -3.60. The summed E-state index contributed by atoms with van der Waals surface area (Å²) in [7, 11) is -1.94. The number of amides is 1. The Morgan fingerprint density at radius 1 is 1.16 bits per heavy atom. The number of para-hydroxylation sites is 2. The van der Waals surface area contributed by atoms with Crippen LogP contribution in [-0.2, 0) is 14.8 Å². The summed E-state index contributed by atoms with van der Waals surface area (Å²) < 4.78 is 32.9. The number of carbonyl (C=O) groups is 1. The second kappa shape index (κ2) is 10.5. The zero-order valence-corrected chi connectivity index (χ0v) is 19.3.